The zero-order valence-electron chi connectivity index (χ0n) is 21.8. The monoisotopic (exact) mass is 512 g/mol. The molecule has 0 fully saturated rings. The molecule has 0 saturated carbocycles. The molecule has 1 aromatic heterocycles. The summed E-state index contributed by atoms with van der Waals surface area (Å²) in [7, 11) is 1.84. The molecule has 0 bridgehead atoms. The van der Waals surface area contributed by atoms with Gasteiger partial charge in [0.25, 0.3) is 0 Å². The summed E-state index contributed by atoms with van der Waals surface area (Å²) in [5.74, 6) is -1.38. The number of H-pyrrole nitrogens is 1. The number of nitrogens with zero attached hydrogens (tertiary/aromatic N) is 1. The molecule has 4 rings (SSSR count). The van der Waals surface area contributed by atoms with Gasteiger partial charge in [0, 0.05) is 43.8 Å². The third kappa shape index (κ3) is 7.31. The number of amides is 1. The minimum Gasteiger partial charge on any atom is -0.481 e. The first-order valence-corrected chi connectivity index (χ1v) is 13.1. The number of aromatic amines is 1. The molecule has 38 heavy (non-hydrogen) atoms. The maximum Gasteiger partial charge on any atom is 0.311 e. The summed E-state index contributed by atoms with van der Waals surface area (Å²) < 4.78 is 0. The minimum absolute atomic E-state index is 0.0444. The Morgan fingerprint density at radius 3 is 2.24 bits per heavy atom. The van der Waals surface area contributed by atoms with Crippen molar-refractivity contribution in [2.75, 3.05) is 26.7 Å². The Bertz CT molecular complexity index is 1310. The van der Waals surface area contributed by atoms with E-state index in [9.17, 15) is 14.7 Å². The number of likely N-dealkylation sites (N-methyl/N-ethyl adjacent to an activating group) is 1. The largest absolute Gasteiger partial charge is 0.481 e. The summed E-state index contributed by atoms with van der Waals surface area (Å²) in [5, 5.41) is 17.6. The standard InChI is InChI=1S/C31H36N4O3/c1-35(22-24-12-6-3-7-13-24)30(36)29(20-23-10-4-2-5-11-23)33-19-18-32-17-16-26(31(37)38)27-21-34-28-15-9-8-14-25(27)28/h2-15,21,26,29,32-34H,16-20,22H2,1H3,(H,37,38)/t26-,29+/m1/s1. The number of carbonyl (C=O) groups excluding carboxylic acids is 1. The molecule has 0 aliphatic heterocycles. The Hall–Kier alpha value is -3.94. The van der Waals surface area contributed by atoms with Crippen LogP contribution in [0.4, 0.5) is 0 Å². The molecule has 7 heteroatoms. The van der Waals surface area contributed by atoms with E-state index in [1.807, 2.05) is 92.0 Å². The molecule has 0 radical (unpaired) electrons. The third-order valence-electron chi connectivity index (χ3n) is 6.82. The van der Waals surface area contributed by atoms with Gasteiger partial charge in [-0.1, -0.05) is 78.9 Å². The van der Waals surface area contributed by atoms with Crippen molar-refractivity contribution < 1.29 is 14.7 Å². The Labute approximate surface area is 223 Å². The summed E-state index contributed by atoms with van der Waals surface area (Å²) in [5.41, 5.74) is 3.94. The first-order chi connectivity index (χ1) is 18.5. The Balaban J connectivity index is 1.29. The van der Waals surface area contributed by atoms with Gasteiger partial charge in [0.05, 0.1) is 12.0 Å². The number of carboxylic acids is 1. The fraction of sp³-hybridized carbons (Fsp3) is 0.290. The van der Waals surface area contributed by atoms with Gasteiger partial charge in [-0.3, -0.25) is 9.59 Å². The van der Waals surface area contributed by atoms with Crippen LogP contribution in [0.2, 0.25) is 0 Å². The molecule has 4 aromatic rings. The number of hydrogen-bond donors (Lipinski definition) is 4. The van der Waals surface area contributed by atoms with E-state index in [0.717, 1.165) is 27.6 Å². The van der Waals surface area contributed by atoms with Crippen molar-refractivity contribution >= 4 is 22.8 Å². The fourth-order valence-corrected chi connectivity index (χ4v) is 4.80. The van der Waals surface area contributed by atoms with E-state index in [0.29, 0.717) is 39.0 Å². The number of aliphatic carboxylic acids is 1. The van der Waals surface area contributed by atoms with Gasteiger partial charge in [0.2, 0.25) is 5.91 Å². The van der Waals surface area contributed by atoms with Crippen LogP contribution < -0.4 is 10.6 Å². The molecule has 0 saturated heterocycles. The SMILES string of the molecule is CN(Cc1ccccc1)C(=O)[C@H](Cc1ccccc1)NCCNCC[C@@H](C(=O)O)c1c[nH]c2ccccc12. The Morgan fingerprint density at radius 1 is 0.868 bits per heavy atom. The van der Waals surface area contributed by atoms with Crippen LogP contribution in [0.5, 0.6) is 0 Å². The van der Waals surface area contributed by atoms with E-state index < -0.39 is 11.9 Å². The highest BCUT2D eigenvalue weighted by atomic mass is 16.4. The van der Waals surface area contributed by atoms with Crippen molar-refractivity contribution in [3.8, 4) is 0 Å². The summed E-state index contributed by atoms with van der Waals surface area (Å²) in [4.78, 5) is 30.3. The highest BCUT2D eigenvalue weighted by Gasteiger charge is 2.24. The van der Waals surface area contributed by atoms with Crippen LogP contribution in [0.15, 0.2) is 91.1 Å². The average Bonchev–Trinajstić information content (AvgIpc) is 3.36. The predicted octanol–water partition coefficient (Wildman–Crippen LogP) is 4.18. The lowest BCUT2D eigenvalue weighted by molar-refractivity contribution is -0.139. The lowest BCUT2D eigenvalue weighted by Gasteiger charge is -2.25. The molecule has 0 spiro atoms. The number of benzene rings is 3. The third-order valence-corrected chi connectivity index (χ3v) is 6.82. The van der Waals surface area contributed by atoms with Crippen LogP contribution in [0.25, 0.3) is 10.9 Å². The second kappa shape index (κ2) is 13.6. The van der Waals surface area contributed by atoms with E-state index in [1.54, 1.807) is 11.1 Å². The van der Waals surface area contributed by atoms with E-state index >= 15 is 0 Å². The summed E-state index contributed by atoms with van der Waals surface area (Å²) >= 11 is 0. The maximum atomic E-state index is 13.3. The van der Waals surface area contributed by atoms with Crippen molar-refractivity contribution in [1.29, 1.82) is 0 Å². The average molecular weight is 513 g/mol. The number of rotatable bonds is 14. The van der Waals surface area contributed by atoms with Crippen LogP contribution in [0.3, 0.4) is 0 Å². The van der Waals surface area contributed by atoms with Crippen LogP contribution in [0, 0.1) is 0 Å². The van der Waals surface area contributed by atoms with E-state index in [-0.39, 0.29) is 11.9 Å². The van der Waals surface area contributed by atoms with Crippen LogP contribution in [-0.4, -0.2) is 59.6 Å². The van der Waals surface area contributed by atoms with Gasteiger partial charge >= 0.3 is 5.97 Å². The molecule has 4 N–H and O–H groups in total. The van der Waals surface area contributed by atoms with E-state index in [2.05, 4.69) is 15.6 Å². The molecule has 1 amide bonds. The lowest BCUT2D eigenvalue weighted by Crippen LogP contribution is -2.47. The first kappa shape index (κ1) is 27.1. The van der Waals surface area contributed by atoms with Gasteiger partial charge in [0.1, 0.15) is 0 Å². The van der Waals surface area contributed by atoms with Crippen molar-refractivity contribution in [2.24, 2.45) is 0 Å². The summed E-state index contributed by atoms with van der Waals surface area (Å²) in [6, 6.07) is 27.4. The highest BCUT2D eigenvalue weighted by molar-refractivity contribution is 5.89. The van der Waals surface area contributed by atoms with Gasteiger partial charge in [-0.05, 0) is 42.1 Å². The molecule has 0 aliphatic rings. The molecule has 198 valence electrons. The van der Waals surface area contributed by atoms with Crippen molar-refractivity contribution in [3.05, 3.63) is 108 Å². The number of hydrogen-bond acceptors (Lipinski definition) is 4. The molecule has 0 aliphatic carbocycles. The Kier molecular flexibility index (Phi) is 9.67. The molecule has 2 atom stereocenters. The normalized spacial score (nSPS) is 12.8. The lowest BCUT2D eigenvalue weighted by atomic mass is 9.95. The molecule has 1 heterocycles. The number of aromatic nitrogens is 1. The van der Waals surface area contributed by atoms with E-state index in [4.69, 9.17) is 0 Å². The van der Waals surface area contributed by atoms with E-state index in [1.165, 1.54) is 0 Å². The minimum atomic E-state index is -0.829. The van der Waals surface area contributed by atoms with Gasteiger partial charge in [-0.25, -0.2) is 0 Å². The molecular formula is C31H36N4O3. The number of fused-ring (bicyclic) bond motifs is 1. The Morgan fingerprint density at radius 2 is 1.53 bits per heavy atom. The van der Waals surface area contributed by atoms with Crippen LogP contribution in [0.1, 0.15) is 29.0 Å². The summed E-state index contributed by atoms with van der Waals surface area (Å²) in [6.07, 6.45) is 2.88. The highest BCUT2D eigenvalue weighted by Crippen LogP contribution is 2.27. The second-order valence-electron chi connectivity index (χ2n) is 9.60. The van der Waals surface area contributed by atoms with Gasteiger partial charge in [-0.15, -0.1) is 0 Å². The molecule has 7 nitrogen and oxygen atoms in total. The fourth-order valence-electron chi connectivity index (χ4n) is 4.80. The predicted molar refractivity (Wildman–Crippen MR) is 151 cm³/mol. The topological polar surface area (TPSA) is 97.5 Å². The van der Waals surface area contributed by atoms with Gasteiger partial charge < -0.3 is 25.6 Å². The quantitative estimate of drug-likeness (QED) is 0.190. The number of para-hydroxylation sites is 1. The smallest absolute Gasteiger partial charge is 0.311 e. The van der Waals surface area contributed by atoms with Gasteiger partial charge in [-0.2, -0.15) is 0 Å². The van der Waals surface area contributed by atoms with Crippen LogP contribution >= 0.6 is 0 Å². The molecule has 0 unspecified atom stereocenters. The maximum absolute atomic E-state index is 13.3. The molecule has 3 aromatic carbocycles. The second-order valence-corrected chi connectivity index (χ2v) is 9.60. The van der Waals surface area contributed by atoms with Gasteiger partial charge in [0.15, 0.2) is 0 Å². The van der Waals surface area contributed by atoms with Crippen molar-refractivity contribution in [3.63, 3.8) is 0 Å². The van der Waals surface area contributed by atoms with Crippen molar-refractivity contribution in [2.45, 2.75) is 31.3 Å². The zero-order valence-corrected chi connectivity index (χ0v) is 21.8. The number of carbonyl (C=O) groups is 2. The number of carboxylic acid groups (broad SMARTS) is 1. The zero-order chi connectivity index (χ0) is 26.7. The van der Waals surface area contributed by atoms with Crippen LogP contribution in [-0.2, 0) is 22.6 Å². The van der Waals surface area contributed by atoms with Crippen molar-refractivity contribution in [1.82, 2.24) is 20.5 Å². The first-order valence-electron chi connectivity index (χ1n) is 13.1. The number of nitrogens with one attached hydrogen (secondary N) is 3. The summed E-state index contributed by atoms with van der Waals surface area (Å²) in [6.45, 7) is 2.33. The molecular weight excluding hydrogens is 476 g/mol.